The fourth-order valence-electron chi connectivity index (χ4n) is 1.31. The summed E-state index contributed by atoms with van der Waals surface area (Å²) in [6.45, 7) is 4.69. The Labute approximate surface area is 96.8 Å². The summed E-state index contributed by atoms with van der Waals surface area (Å²) in [5.41, 5.74) is 0.911. The lowest BCUT2D eigenvalue weighted by Gasteiger charge is -2.11. The Hall–Kier alpha value is -1.51. The third kappa shape index (κ3) is 4.34. The van der Waals surface area contributed by atoms with E-state index in [1.54, 1.807) is 0 Å². The van der Waals surface area contributed by atoms with Gasteiger partial charge in [0.2, 0.25) is 0 Å². The molecule has 0 aliphatic rings. The van der Waals surface area contributed by atoms with Gasteiger partial charge in [-0.1, -0.05) is 19.4 Å². The highest BCUT2D eigenvalue weighted by Gasteiger charge is 2.00. The molecular formula is C13H19NO2. The molecule has 0 bridgehead atoms. The molecule has 0 aromatic heterocycles. The Kier molecular flexibility index (Phi) is 5.40. The van der Waals surface area contributed by atoms with Crippen molar-refractivity contribution in [2.24, 2.45) is 0 Å². The zero-order chi connectivity index (χ0) is 11.8. The molecule has 1 atom stereocenters. The van der Waals surface area contributed by atoms with Crippen molar-refractivity contribution in [1.82, 2.24) is 0 Å². The van der Waals surface area contributed by atoms with E-state index < -0.39 is 0 Å². The van der Waals surface area contributed by atoms with Crippen molar-refractivity contribution in [2.75, 3.05) is 11.9 Å². The van der Waals surface area contributed by atoms with Gasteiger partial charge in [0.15, 0.2) is 0 Å². The summed E-state index contributed by atoms with van der Waals surface area (Å²) in [5, 5.41) is 3.07. The maximum absolute atomic E-state index is 10.5. The number of carbonyl (C=O) groups is 1. The van der Waals surface area contributed by atoms with E-state index in [0.29, 0.717) is 0 Å². The normalized spacial score (nSPS) is 11.9. The predicted octanol–water partition coefficient (Wildman–Crippen LogP) is 2.86. The maximum Gasteiger partial charge on any atom is 0.141 e. The number of ether oxygens (including phenoxy) is 1. The fourth-order valence-corrected chi connectivity index (χ4v) is 1.31. The van der Waals surface area contributed by atoms with E-state index in [4.69, 9.17) is 4.74 Å². The Morgan fingerprint density at radius 1 is 1.50 bits per heavy atom. The number of rotatable bonds is 7. The first-order chi connectivity index (χ1) is 7.76. The van der Waals surface area contributed by atoms with Crippen LogP contribution in [0.1, 0.15) is 26.7 Å². The zero-order valence-electron chi connectivity index (χ0n) is 9.90. The van der Waals surface area contributed by atoms with Gasteiger partial charge in [-0.15, -0.1) is 0 Å². The van der Waals surface area contributed by atoms with E-state index in [1.807, 2.05) is 31.2 Å². The summed E-state index contributed by atoms with van der Waals surface area (Å²) in [4.78, 5) is 10.5. The molecule has 1 aromatic carbocycles. The van der Waals surface area contributed by atoms with Gasteiger partial charge >= 0.3 is 0 Å². The van der Waals surface area contributed by atoms with Crippen molar-refractivity contribution in [3.05, 3.63) is 24.3 Å². The van der Waals surface area contributed by atoms with Crippen LogP contribution in [0.2, 0.25) is 0 Å². The second-order valence-electron chi connectivity index (χ2n) is 3.80. The van der Waals surface area contributed by atoms with Crippen molar-refractivity contribution >= 4 is 12.0 Å². The highest BCUT2D eigenvalue weighted by Crippen LogP contribution is 2.18. The van der Waals surface area contributed by atoms with Crippen LogP contribution in [0.3, 0.4) is 0 Å². The molecule has 0 radical (unpaired) electrons. The molecule has 88 valence electrons. The number of benzene rings is 1. The molecule has 1 aromatic rings. The minimum atomic E-state index is -0.175. The van der Waals surface area contributed by atoms with Crippen LogP contribution in [-0.2, 0) is 4.79 Å². The van der Waals surface area contributed by atoms with Crippen LogP contribution in [0, 0.1) is 0 Å². The van der Waals surface area contributed by atoms with E-state index in [9.17, 15) is 4.79 Å². The van der Waals surface area contributed by atoms with Crippen LogP contribution in [0.25, 0.3) is 0 Å². The van der Waals surface area contributed by atoms with Gasteiger partial charge in [-0.05, 0) is 25.5 Å². The Bertz CT molecular complexity index is 325. The fraction of sp³-hybridized carbons (Fsp3) is 0.462. The lowest BCUT2D eigenvalue weighted by Crippen LogP contribution is -2.16. The smallest absolute Gasteiger partial charge is 0.141 e. The van der Waals surface area contributed by atoms with Gasteiger partial charge in [-0.3, -0.25) is 0 Å². The molecule has 3 heteroatoms. The van der Waals surface area contributed by atoms with Gasteiger partial charge in [-0.25, -0.2) is 0 Å². The second kappa shape index (κ2) is 6.88. The van der Waals surface area contributed by atoms with Crippen LogP contribution < -0.4 is 10.1 Å². The van der Waals surface area contributed by atoms with Gasteiger partial charge in [-0.2, -0.15) is 0 Å². The molecule has 0 aliphatic heterocycles. The predicted molar refractivity (Wildman–Crippen MR) is 66.0 cm³/mol. The molecular weight excluding hydrogens is 202 g/mol. The van der Waals surface area contributed by atoms with Crippen LogP contribution in [-0.4, -0.2) is 18.9 Å². The number of anilines is 1. The molecule has 0 aliphatic carbocycles. The Balaban J connectivity index is 2.53. The molecule has 16 heavy (non-hydrogen) atoms. The summed E-state index contributed by atoms with van der Waals surface area (Å²) < 4.78 is 5.57. The van der Waals surface area contributed by atoms with Crippen LogP contribution >= 0.6 is 0 Å². The molecule has 3 nitrogen and oxygen atoms in total. The molecule has 0 fully saturated rings. The number of hydrogen-bond acceptors (Lipinski definition) is 3. The summed E-state index contributed by atoms with van der Waals surface area (Å²) in [7, 11) is 0. The lowest BCUT2D eigenvalue weighted by atomic mass is 10.2. The van der Waals surface area contributed by atoms with Gasteiger partial charge in [0.25, 0.3) is 0 Å². The van der Waals surface area contributed by atoms with Crippen molar-refractivity contribution in [1.29, 1.82) is 0 Å². The topological polar surface area (TPSA) is 38.3 Å². The second-order valence-corrected chi connectivity index (χ2v) is 3.80. The van der Waals surface area contributed by atoms with Gasteiger partial charge < -0.3 is 14.8 Å². The molecule has 1 unspecified atom stereocenters. The largest absolute Gasteiger partial charge is 0.494 e. The van der Waals surface area contributed by atoms with Gasteiger partial charge in [0.05, 0.1) is 12.6 Å². The van der Waals surface area contributed by atoms with Crippen molar-refractivity contribution in [2.45, 2.75) is 32.7 Å². The minimum absolute atomic E-state index is 0.175. The Morgan fingerprint density at radius 3 is 3.00 bits per heavy atom. The molecule has 1 N–H and O–H groups in total. The SMILES string of the molecule is CCCCOc1cccc(NC(C)C=O)c1. The lowest BCUT2D eigenvalue weighted by molar-refractivity contribution is -0.108. The molecule has 0 saturated heterocycles. The average Bonchev–Trinajstić information content (AvgIpc) is 2.30. The summed E-state index contributed by atoms with van der Waals surface area (Å²) in [6, 6.07) is 7.50. The molecule has 0 saturated carbocycles. The average molecular weight is 221 g/mol. The zero-order valence-corrected chi connectivity index (χ0v) is 9.90. The number of unbranched alkanes of at least 4 members (excludes halogenated alkanes) is 1. The number of carbonyl (C=O) groups excluding carboxylic acids is 1. The summed E-state index contributed by atoms with van der Waals surface area (Å²) in [5.74, 6) is 0.844. The molecule has 0 heterocycles. The minimum Gasteiger partial charge on any atom is -0.494 e. The van der Waals surface area contributed by atoms with E-state index in [0.717, 1.165) is 37.2 Å². The van der Waals surface area contributed by atoms with Crippen molar-refractivity contribution in [3.8, 4) is 5.75 Å². The van der Waals surface area contributed by atoms with Crippen LogP contribution in [0.15, 0.2) is 24.3 Å². The summed E-state index contributed by atoms with van der Waals surface area (Å²) in [6.07, 6.45) is 3.06. The highest BCUT2D eigenvalue weighted by molar-refractivity contribution is 5.64. The molecule has 0 spiro atoms. The van der Waals surface area contributed by atoms with Crippen LogP contribution in [0.5, 0.6) is 5.75 Å². The van der Waals surface area contributed by atoms with E-state index in [2.05, 4.69) is 12.2 Å². The third-order valence-corrected chi connectivity index (χ3v) is 2.20. The van der Waals surface area contributed by atoms with Gasteiger partial charge in [0.1, 0.15) is 12.0 Å². The maximum atomic E-state index is 10.5. The summed E-state index contributed by atoms with van der Waals surface area (Å²) >= 11 is 0. The first-order valence-electron chi connectivity index (χ1n) is 5.71. The number of aldehydes is 1. The van der Waals surface area contributed by atoms with E-state index in [1.165, 1.54) is 0 Å². The van der Waals surface area contributed by atoms with Gasteiger partial charge in [0, 0.05) is 11.8 Å². The van der Waals surface area contributed by atoms with Crippen molar-refractivity contribution in [3.63, 3.8) is 0 Å². The standard InChI is InChI=1S/C13H19NO2/c1-3-4-8-16-13-7-5-6-12(9-13)14-11(2)10-15/h5-7,9-11,14H,3-4,8H2,1-2H3. The van der Waals surface area contributed by atoms with E-state index in [-0.39, 0.29) is 6.04 Å². The first kappa shape index (κ1) is 12.6. The van der Waals surface area contributed by atoms with Crippen molar-refractivity contribution < 1.29 is 9.53 Å². The molecule has 1 rings (SSSR count). The highest BCUT2D eigenvalue weighted by atomic mass is 16.5. The Morgan fingerprint density at radius 2 is 2.31 bits per heavy atom. The first-order valence-corrected chi connectivity index (χ1v) is 5.71. The van der Waals surface area contributed by atoms with Crippen LogP contribution in [0.4, 0.5) is 5.69 Å². The molecule has 0 amide bonds. The number of nitrogens with one attached hydrogen (secondary N) is 1. The monoisotopic (exact) mass is 221 g/mol. The van der Waals surface area contributed by atoms with E-state index >= 15 is 0 Å². The quantitative estimate of drug-likeness (QED) is 0.568. The third-order valence-electron chi connectivity index (χ3n) is 2.20. The number of hydrogen-bond donors (Lipinski definition) is 1.